The normalized spacial score (nSPS) is 17.1. The van der Waals surface area contributed by atoms with E-state index in [4.69, 9.17) is 9.72 Å². The Morgan fingerprint density at radius 2 is 2.00 bits per heavy atom. The number of fused-ring (bicyclic) bond motifs is 2. The second-order valence-electron chi connectivity index (χ2n) is 7.18. The van der Waals surface area contributed by atoms with Crippen molar-refractivity contribution in [3.05, 3.63) is 54.1 Å². The fraction of sp³-hybridized carbons (Fsp3) is 0.364. The van der Waals surface area contributed by atoms with Crippen LogP contribution in [0.4, 0.5) is 5.69 Å². The molecular weight excluding hydrogens is 370 g/mol. The largest absolute Gasteiger partial charge is 0.383 e. The summed E-state index contributed by atoms with van der Waals surface area (Å²) >= 11 is 1.52. The van der Waals surface area contributed by atoms with Crippen molar-refractivity contribution in [1.82, 2.24) is 9.55 Å². The number of ether oxygens (including phenoxy) is 1. The predicted octanol–water partition coefficient (Wildman–Crippen LogP) is 4.14. The number of carbonyl (C=O) groups excluding carboxylic acids is 1. The van der Waals surface area contributed by atoms with Crippen molar-refractivity contribution in [3.8, 4) is 0 Å². The van der Waals surface area contributed by atoms with E-state index in [1.165, 1.54) is 17.3 Å². The SMILES string of the molecule is COCCn1c(SC(C)C(=O)N2c3ccccc3CC2C)nc2ccccc21. The minimum Gasteiger partial charge on any atom is -0.383 e. The molecule has 6 heteroatoms. The number of aromatic nitrogens is 2. The fourth-order valence-corrected chi connectivity index (χ4v) is 4.85. The molecule has 1 aliphatic heterocycles. The van der Waals surface area contributed by atoms with E-state index in [1.54, 1.807) is 7.11 Å². The van der Waals surface area contributed by atoms with E-state index in [0.717, 1.165) is 28.3 Å². The van der Waals surface area contributed by atoms with Crippen LogP contribution in [0.25, 0.3) is 11.0 Å². The summed E-state index contributed by atoms with van der Waals surface area (Å²) in [5, 5.41) is 0.631. The molecule has 0 fully saturated rings. The molecule has 0 radical (unpaired) electrons. The van der Waals surface area contributed by atoms with Gasteiger partial charge in [-0.15, -0.1) is 0 Å². The third-order valence-electron chi connectivity index (χ3n) is 5.21. The van der Waals surface area contributed by atoms with Gasteiger partial charge in [-0.25, -0.2) is 4.98 Å². The van der Waals surface area contributed by atoms with E-state index in [0.29, 0.717) is 13.2 Å². The number of carbonyl (C=O) groups is 1. The van der Waals surface area contributed by atoms with Gasteiger partial charge >= 0.3 is 0 Å². The number of para-hydroxylation sites is 3. The molecule has 0 bridgehead atoms. The van der Waals surface area contributed by atoms with Gasteiger partial charge in [-0.2, -0.15) is 0 Å². The molecule has 1 aromatic heterocycles. The molecule has 5 nitrogen and oxygen atoms in total. The van der Waals surface area contributed by atoms with Crippen molar-refractivity contribution < 1.29 is 9.53 Å². The Morgan fingerprint density at radius 1 is 1.25 bits per heavy atom. The van der Waals surface area contributed by atoms with Crippen LogP contribution in [0, 0.1) is 0 Å². The van der Waals surface area contributed by atoms with E-state index in [2.05, 4.69) is 23.6 Å². The average molecular weight is 396 g/mol. The summed E-state index contributed by atoms with van der Waals surface area (Å²) in [4.78, 5) is 20.0. The van der Waals surface area contributed by atoms with Crippen LogP contribution < -0.4 is 4.90 Å². The summed E-state index contributed by atoms with van der Waals surface area (Å²) in [6.45, 7) is 5.40. The molecule has 1 amide bonds. The van der Waals surface area contributed by atoms with Gasteiger partial charge in [-0.1, -0.05) is 42.1 Å². The molecule has 0 spiro atoms. The smallest absolute Gasteiger partial charge is 0.240 e. The molecule has 28 heavy (non-hydrogen) atoms. The van der Waals surface area contributed by atoms with Gasteiger partial charge in [-0.3, -0.25) is 4.79 Å². The lowest BCUT2D eigenvalue weighted by Crippen LogP contribution is -2.40. The Morgan fingerprint density at radius 3 is 2.82 bits per heavy atom. The third kappa shape index (κ3) is 3.42. The molecule has 2 heterocycles. The van der Waals surface area contributed by atoms with Gasteiger partial charge in [0.25, 0.3) is 0 Å². The maximum atomic E-state index is 13.3. The highest BCUT2D eigenvalue weighted by Crippen LogP contribution is 2.35. The minimum absolute atomic E-state index is 0.132. The van der Waals surface area contributed by atoms with E-state index in [1.807, 2.05) is 48.2 Å². The van der Waals surface area contributed by atoms with Gasteiger partial charge in [0, 0.05) is 25.4 Å². The maximum absolute atomic E-state index is 13.3. The molecular formula is C22H25N3O2S. The van der Waals surface area contributed by atoms with Crippen LogP contribution >= 0.6 is 11.8 Å². The Kier molecular flexibility index (Phi) is 5.42. The van der Waals surface area contributed by atoms with Crippen LogP contribution in [0.2, 0.25) is 0 Å². The molecule has 0 N–H and O–H groups in total. The van der Waals surface area contributed by atoms with Gasteiger partial charge in [0.1, 0.15) is 0 Å². The van der Waals surface area contributed by atoms with E-state index in [-0.39, 0.29) is 17.2 Å². The first-order valence-corrected chi connectivity index (χ1v) is 10.5. The zero-order valence-corrected chi connectivity index (χ0v) is 17.3. The Balaban J connectivity index is 1.60. The Bertz CT molecular complexity index is 1000. The van der Waals surface area contributed by atoms with Crippen LogP contribution in [-0.4, -0.2) is 40.5 Å². The first kappa shape index (κ1) is 19.0. The number of benzene rings is 2. The Hall–Kier alpha value is -2.31. The summed E-state index contributed by atoms with van der Waals surface area (Å²) in [5.74, 6) is 0.132. The number of hydrogen-bond acceptors (Lipinski definition) is 4. The van der Waals surface area contributed by atoms with Crippen molar-refractivity contribution in [3.63, 3.8) is 0 Å². The molecule has 1 aliphatic rings. The third-order valence-corrected chi connectivity index (χ3v) is 6.29. The minimum atomic E-state index is -0.230. The number of nitrogens with zero attached hydrogens (tertiary/aromatic N) is 3. The van der Waals surface area contributed by atoms with Gasteiger partial charge in [0.05, 0.1) is 22.9 Å². The van der Waals surface area contributed by atoms with Crippen molar-refractivity contribution in [2.24, 2.45) is 0 Å². The lowest BCUT2D eigenvalue weighted by atomic mass is 10.1. The number of hydrogen-bond donors (Lipinski definition) is 0. The van der Waals surface area contributed by atoms with E-state index < -0.39 is 0 Å². The van der Waals surface area contributed by atoms with Gasteiger partial charge in [-0.05, 0) is 44.0 Å². The maximum Gasteiger partial charge on any atom is 0.240 e. The Labute approximate surface area is 169 Å². The van der Waals surface area contributed by atoms with Crippen LogP contribution in [0.3, 0.4) is 0 Å². The monoisotopic (exact) mass is 395 g/mol. The molecule has 2 atom stereocenters. The van der Waals surface area contributed by atoms with Crippen molar-refractivity contribution >= 4 is 34.4 Å². The highest BCUT2D eigenvalue weighted by molar-refractivity contribution is 8.00. The van der Waals surface area contributed by atoms with Crippen molar-refractivity contribution in [2.45, 2.75) is 43.3 Å². The molecule has 4 rings (SSSR count). The molecule has 0 saturated carbocycles. The molecule has 0 aliphatic carbocycles. The molecule has 2 unspecified atom stereocenters. The topological polar surface area (TPSA) is 47.4 Å². The second kappa shape index (κ2) is 7.97. The van der Waals surface area contributed by atoms with E-state index >= 15 is 0 Å². The number of methoxy groups -OCH3 is 1. The van der Waals surface area contributed by atoms with Gasteiger partial charge in [0.2, 0.25) is 5.91 Å². The molecule has 2 aromatic carbocycles. The van der Waals surface area contributed by atoms with E-state index in [9.17, 15) is 4.79 Å². The molecule has 3 aromatic rings. The van der Waals surface area contributed by atoms with Crippen LogP contribution in [-0.2, 0) is 22.5 Å². The van der Waals surface area contributed by atoms with Gasteiger partial charge < -0.3 is 14.2 Å². The lowest BCUT2D eigenvalue weighted by molar-refractivity contribution is -0.118. The summed E-state index contributed by atoms with van der Waals surface area (Å²) in [6, 6.07) is 16.4. The number of imidazole rings is 1. The van der Waals surface area contributed by atoms with Crippen molar-refractivity contribution in [1.29, 1.82) is 0 Å². The van der Waals surface area contributed by atoms with Crippen LogP contribution in [0.1, 0.15) is 19.4 Å². The standard InChI is InChI=1S/C22H25N3O2S/c1-15-14-17-8-4-6-10-19(17)25(15)21(26)16(2)28-22-23-18-9-5-7-11-20(18)24(22)12-13-27-3/h4-11,15-16H,12-14H2,1-3H3. The van der Waals surface area contributed by atoms with Crippen LogP contribution in [0.5, 0.6) is 0 Å². The number of anilines is 1. The number of thioether (sulfide) groups is 1. The predicted molar refractivity (Wildman–Crippen MR) is 114 cm³/mol. The van der Waals surface area contributed by atoms with Crippen LogP contribution in [0.15, 0.2) is 53.7 Å². The quantitative estimate of drug-likeness (QED) is 0.589. The lowest BCUT2D eigenvalue weighted by Gasteiger charge is -2.25. The zero-order chi connectivity index (χ0) is 19.7. The highest BCUT2D eigenvalue weighted by atomic mass is 32.2. The number of amides is 1. The molecule has 0 saturated heterocycles. The molecule has 146 valence electrons. The summed E-state index contributed by atoms with van der Waals surface area (Å²) in [5.41, 5.74) is 4.30. The first-order valence-electron chi connectivity index (χ1n) is 9.62. The summed E-state index contributed by atoms with van der Waals surface area (Å²) in [6.07, 6.45) is 0.908. The second-order valence-corrected chi connectivity index (χ2v) is 8.49. The van der Waals surface area contributed by atoms with Gasteiger partial charge in [0.15, 0.2) is 5.16 Å². The fourth-order valence-electron chi connectivity index (χ4n) is 3.85. The summed E-state index contributed by atoms with van der Waals surface area (Å²) in [7, 11) is 1.70. The number of rotatable bonds is 6. The first-order chi connectivity index (χ1) is 13.6. The highest BCUT2D eigenvalue weighted by Gasteiger charge is 2.34. The van der Waals surface area contributed by atoms with Crippen molar-refractivity contribution in [2.75, 3.05) is 18.6 Å². The summed E-state index contributed by atoms with van der Waals surface area (Å²) < 4.78 is 7.42. The zero-order valence-electron chi connectivity index (χ0n) is 16.5. The average Bonchev–Trinajstić information content (AvgIpc) is 3.21.